The van der Waals surface area contributed by atoms with Gasteiger partial charge >= 0.3 is 5.97 Å². The molecule has 3 aromatic rings. The lowest BCUT2D eigenvalue weighted by atomic mass is 9.90. The molecule has 4 rings (SSSR count). The van der Waals surface area contributed by atoms with Crippen molar-refractivity contribution in [2.45, 2.75) is 31.7 Å². The SMILES string of the molecule is Cc1ccccc1-c1ccc(C(=O)NC2(C(=O)O)CCOCC2)nc1-c1ccc(Cl)c(OCCCN(C)C)c1. The summed E-state index contributed by atoms with van der Waals surface area (Å²) in [4.78, 5) is 32.3. The highest BCUT2D eigenvalue weighted by Gasteiger charge is 2.42. The first kappa shape index (κ1) is 28.5. The molecular weight excluding hydrogens is 518 g/mol. The van der Waals surface area contributed by atoms with Crippen molar-refractivity contribution in [3.63, 3.8) is 0 Å². The molecule has 39 heavy (non-hydrogen) atoms. The van der Waals surface area contributed by atoms with Gasteiger partial charge in [0, 0.05) is 43.7 Å². The Hall–Kier alpha value is -3.46. The Bertz CT molecular complexity index is 1340. The first-order valence-corrected chi connectivity index (χ1v) is 13.4. The largest absolute Gasteiger partial charge is 0.492 e. The number of carboxylic acid groups (broad SMARTS) is 1. The van der Waals surface area contributed by atoms with E-state index < -0.39 is 17.4 Å². The zero-order valence-corrected chi connectivity index (χ0v) is 23.3. The molecule has 0 atom stereocenters. The number of carbonyl (C=O) groups is 2. The van der Waals surface area contributed by atoms with Gasteiger partial charge in [-0.3, -0.25) is 4.79 Å². The van der Waals surface area contributed by atoms with Gasteiger partial charge in [0.2, 0.25) is 0 Å². The Labute approximate surface area is 233 Å². The molecular formula is C30H34ClN3O5. The van der Waals surface area contributed by atoms with E-state index in [-0.39, 0.29) is 31.7 Å². The third-order valence-corrected chi connectivity index (χ3v) is 7.20. The smallest absolute Gasteiger partial charge is 0.329 e. The van der Waals surface area contributed by atoms with E-state index in [1.165, 1.54) is 0 Å². The van der Waals surface area contributed by atoms with Crippen molar-refractivity contribution in [2.24, 2.45) is 0 Å². The van der Waals surface area contributed by atoms with E-state index in [2.05, 4.69) is 10.2 Å². The number of carboxylic acids is 1. The van der Waals surface area contributed by atoms with Crippen LogP contribution in [0.4, 0.5) is 0 Å². The van der Waals surface area contributed by atoms with Crippen molar-refractivity contribution in [1.82, 2.24) is 15.2 Å². The maximum atomic E-state index is 13.3. The van der Waals surface area contributed by atoms with E-state index in [0.717, 1.165) is 35.2 Å². The van der Waals surface area contributed by atoms with Gasteiger partial charge in [-0.2, -0.15) is 0 Å². The van der Waals surface area contributed by atoms with Crippen molar-refractivity contribution in [2.75, 3.05) is 40.5 Å². The number of ether oxygens (including phenoxy) is 2. The van der Waals surface area contributed by atoms with Gasteiger partial charge < -0.3 is 24.8 Å². The second kappa shape index (κ2) is 12.6. The number of nitrogens with one attached hydrogen (secondary N) is 1. The molecule has 0 unspecified atom stereocenters. The topological polar surface area (TPSA) is 101 Å². The van der Waals surface area contributed by atoms with Crippen LogP contribution in [-0.2, 0) is 9.53 Å². The molecule has 1 fully saturated rings. The second-order valence-electron chi connectivity index (χ2n) is 10.0. The quantitative estimate of drug-likeness (QED) is 0.339. The van der Waals surface area contributed by atoms with Crippen LogP contribution in [0.2, 0.25) is 5.02 Å². The van der Waals surface area contributed by atoms with Crippen molar-refractivity contribution in [1.29, 1.82) is 0 Å². The summed E-state index contributed by atoms with van der Waals surface area (Å²) in [5.41, 5.74) is 2.90. The van der Waals surface area contributed by atoms with E-state index in [4.69, 9.17) is 26.1 Å². The molecule has 206 valence electrons. The minimum Gasteiger partial charge on any atom is -0.492 e. The Morgan fingerprint density at radius 3 is 2.54 bits per heavy atom. The summed E-state index contributed by atoms with van der Waals surface area (Å²) in [5.74, 6) is -1.09. The molecule has 2 N–H and O–H groups in total. The first-order chi connectivity index (χ1) is 18.7. The number of nitrogens with zero attached hydrogens (tertiary/aromatic N) is 2. The van der Waals surface area contributed by atoms with E-state index in [9.17, 15) is 14.7 Å². The number of amides is 1. The van der Waals surface area contributed by atoms with Crippen LogP contribution in [0.1, 0.15) is 35.3 Å². The standard InChI is InChI=1S/C30H34ClN3O5/c1-20-7-4-5-8-22(20)23-10-12-25(28(35)33-30(29(36)37)13-17-38-18-14-30)32-27(23)21-9-11-24(31)26(19-21)39-16-6-15-34(2)3/h4-5,7-12,19H,6,13-18H2,1-3H3,(H,33,35)(H,36,37). The Morgan fingerprint density at radius 2 is 1.85 bits per heavy atom. The number of halogens is 1. The monoisotopic (exact) mass is 551 g/mol. The minimum absolute atomic E-state index is 0.123. The number of benzene rings is 2. The van der Waals surface area contributed by atoms with Crippen LogP contribution in [-0.4, -0.2) is 72.9 Å². The van der Waals surface area contributed by atoms with Crippen molar-refractivity contribution >= 4 is 23.5 Å². The van der Waals surface area contributed by atoms with Gasteiger partial charge in [0.25, 0.3) is 5.91 Å². The number of hydrogen-bond acceptors (Lipinski definition) is 6. The van der Waals surface area contributed by atoms with Crippen molar-refractivity contribution in [3.05, 3.63) is 70.9 Å². The summed E-state index contributed by atoms with van der Waals surface area (Å²) in [6, 6.07) is 16.9. The maximum absolute atomic E-state index is 13.3. The van der Waals surface area contributed by atoms with E-state index in [1.807, 2.05) is 63.5 Å². The third-order valence-electron chi connectivity index (χ3n) is 6.88. The van der Waals surface area contributed by atoms with Gasteiger partial charge in [-0.25, -0.2) is 9.78 Å². The Morgan fingerprint density at radius 1 is 1.10 bits per heavy atom. The van der Waals surface area contributed by atoms with Crippen LogP contribution in [0, 0.1) is 6.92 Å². The van der Waals surface area contributed by atoms with Crippen LogP contribution in [0.3, 0.4) is 0 Å². The molecule has 1 aliphatic rings. The zero-order valence-electron chi connectivity index (χ0n) is 22.5. The first-order valence-electron chi connectivity index (χ1n) is 13.0. The summed E-state index contributed by atoms with van der Waals surface area (Å²) in [5, 5.41) is 13.1. The molecule has 0 spiro atoms. The fourth-order valence-electron chi connectivity index (χ4n) is 4.62. The lowest BCUT2D eigenvalue weighted by Crippen LogP contribution is -2.57. The normalized spacial score (nSPS) is 14.7. The van der Waals surface area contributed by atoms with Crippen molar-refractivity contribution in [3.8, 4) is 28.1 Å². The van der Waals surface area contributed by atoms with Gasteiger partial charge in [-0.15, -0.1) is 0 Å². The Kier molecular flexibility index (Phi) is 9.22. The molecule has 8 nitrogen and oxygen atoms in total. The highest BCUT2D eigenvalue weighted by Crippen LogP contribution is 2.36. The molecule has 1 amide bonds. The van der Waals surface area contributed by atoms with Crippen LogP contribution in [0.5, 0.6) is 5.75 Å². The lowest BCUT2D eigenvalue weighted by Gasteiger charge is -2.33. The predicted octanol–water partition coefficient (Wildman–Crippen LogP) is 5.07. The van der Waals surface area contributed by atoms with E-state index >= 15 is 0 Å². The van der Waals surface area contributed by atoms with E-state index in [1.54, 1.807) is 12.1 Å². The lowest BCUT2D eigenvalue weighted by molar-refractivity contribution is -0.148. The molecule has 2 heterocycles. The highest BCUT2D eigenvalue weighted by molar-refractivity contribution is 6.32. The number of carbonyl (C=O) groups excluding carboxylic acids is 1. The summed E-state index contributed by atoms with van der Waals surface area (Å²) < 4.78 is 11.3. The van der Waals surface area contributed by atoms with Gasteiger partial charge in [0.05, 0.1) is 17.3 Å². The van der Waals surface area contributed by atoms with Gasteiger partial charge in [0.15, 0.2) is 0 Å². The van der Waals surface area contributed by atoms with Gasteiger partial charge in [0.1, 0.15) is 17.0 Å². The van der Waals surface area contributed by atoms with Gasteiger partial charge in [-0.05, 0) is 62.8 Å². The predicted molar refractivity (Wildman–Crippen MR) is 151 cm³/mol. The van der Waals surface area contributed by atoms with Crippen LogP contribution in [0.15, 0.2) is 54.6 Å². The fraction of sp³-hybridized carbons (Fsp3) is 0.367. The number of rotatable bonds is 10. The molecule has 0 aliphatic carbocycles. The molecule has 9 heteroatoms. The average Bonchev–Trinajstić information content (AvgIpc) is 2.92. The number of pyridine rings is 1. The fourth-order valence-corrected chi connectivity index (χ4v) is 4.79. The second-order valence-corrected chi connectivity index (χ2v) is 10.4. The number of hydrogen-bond donors (Lipinski definition) is 2. The number of aromatic nitrogens is 1. The molecule has 0 bridgehead atoms. The highest BCUT2D eigenvalue weighted by atomic mass is 35.5. The summed E-state index contributed by atoms with van der Waals surface area (Å²) in [7, 11) is 4.02. The number of aliphatic carboxylic acids is 1. The Balaban J connectivity index is 1.73. The average molecular weight is 552 g/mol. The third kappa shape index (κ3) is 6.76. The molecule has 1 aromatic heterocycles. The number of aryl methyl sites for hydroxylation is 1. The molecule has 1 aliphatic heterocycles. The van der Waals surface area contributed by atoms with Crippen LogP contribution < -0.4 is 10.1 Å². The zero-order chi connectivity index (χ0) is 28.0. The van der Waals surface area contributed by atoms with Gasteiger partial charge in [-0.1, -0.05) is 41.9 Å². The van der Waals surface area contributed by atoms with E-state index in [0.29, 0.717) is 23.1 Å². The molecule has 1 saturated heterocycles. The van der Waals surface area contributed by atoms with Crippen molar-refractivity contribution < 1.29 is 24.2 Å². The van der Waals surface area contributed by atoms with Crippen LogP contribution in [0.25, 0.3) is 22.4 Å². The van der Waals surface area contributed by atoms with Crippen LogP contribution >= 0.6 is 11.6 Å². The summed E-state index contributed by atoms with van der Waals surface area (Å²) >= 11 is 6.46. The summed E-state index contributed by atoms with van der Waals surface area (Å²) in [6.45, 7) is 3.93. The summed E-state index contributed by atoms with van der Waals surface area (Å²) in [6.07, 6.45) is 1.22. The molecule has 0 saturated carbocycles. The molecule has 2 aromatic carbocycles. The molecule has 0 radical (unpaired) electrons. The minimum atomic E-state index is -1.39. The maximum Gasteiger partial charge on any atom is 0.329 e.